The Balaban J connectivity index is 1.86. The van der Waals surface area contributed by atoms with Crippen LogP contribution in [0.2, 0.25) is 0 Å². The molecule has 2 nitrogen and oxygen atoms in total. The molecule has 0 bridgehead atoms. The molecule has 0 atom stereocenters. The molecule has 84 valence electrons. The van der Waals surface area contributed by atoms with Crippen molar-refractivity contribution in [3.05, 3.63) is 47.7 Å². The Morgan fingerprint density at radius 3 is 2.75 bits per heavy atom. The standard InChI is InChI=1S/C14H17NO/c1-10-5-3-4-6-12(10)9-15-11(2)13-7-14(16)8-13/h3-6,13,15H,2,7-9H2,1H3. The molecule has 1 fully saturated rings. The molecule has 1 aliphatic carbocycles. The molecular formula is C14H17NO. The topological polar surface area (TPSA) is 29.1 Å². The zero-order chi connectivity index (χ0) is 11.5. The van der Waals surface area contributed by atoms with E-state index in [2.05, 4.69) is 31.0 Å². The minimum Gasteiger partial charge on any atom is -0.384 e. The maximum Gasteiger partial charge on any atom is 0.134 e. The number of rotatable bonds is 4. The molecule has 0 heterocycles. The van der Waals surface area contributed by atoms with Gasteiger partial charge in [0.05, 0.1) is 0 Å². The lowest BCUT2D eigenvalue weighted by Gasteiger charge is -2.27. The molecule has 1 aromatic rings. The summed E-state index contributed by atoms with van der Waals surface area (Å²) in [5.41, 5.74) is 3.57. The highest BCUT2D eigenvalue weighted by molar-refractivity contribution is 5.85. The van der Waals surface area contributed by atoms with E-state index < -0.39 is 0 Å². The Bertz CT molecular complexity index is 414. The van der Waals surface area contributed by atoms with Crippen LogP contribution in [-0.4, -0.2) is 5.78 Å². The summed E-state index contributed by atoms with van der Waals surface area (Å²) in [7, 11) is 0. The second kappa shape index (κ2) is 4.52. The van der Waals surface area contributed by atoms with Gasteiger partial charge < -0.3 is 5.32 Å². The highest BCUT2D eigenvalue weighted by Crippen LogP contribution is 2.27. The third kappa shape index (κ3) is 2.32. The van der Waals surface area contributed by atoms with Crippen LogP contribution < -0.4 is 5.32 Å². The Morgan fingerprint density at radius 1 is 1.44 bits per heavy atom. The van der Waals surface area contributed by atoms with E-state index in [1.54, 1.807) is 0 Å². The van der Waals surface area contributed by atoms with Gasteiger partial charge in [-0.1, -0.05) is 30.8 Å². The van der Waals surface area contributed by atoms with Gasteiger partial charge in [-0.3, -0.25) is 4.79 Å². The molecule has 2 heteroatoms. The fourth-order valence-corrected chi connectivity index (χ4v) is 1.90. The van der Waals surface area contributed by atoms with Crippen molar-refractivity contribution < 1.29 is 4.79 Å². The van der Waals surface area contributed by atoms with Crippen LogP contribution in [0.25, 0.3) is 0 Å². The normalized spacial score (nSPS) is 15.7. The molecule has 0 aromatic heterocycles. The average Bonchev–Trinajstić information content (AvgIpc) is 2.23. The maximum atomic E-state index is 10.9. The van der Waals surface area contributed by atoms with Crippen LogP contribution in [0.1, 0.15) is 24.0 Å². The second-order valence-corrected chi connectivity index (χ2v) is 4.45. The Kier molecular flexibility index (Phi) is 3.09. The van der Waals surface area contributed by atoms with Gasteiger partial charge in [-0.05, 0) is 18.1 Å². The van der Waals surface area contributed by atoms with Gasteiger partial charge in [-0.2, -0.15) is 0 Å². The summed E-state index contributed by atoms with van der Waals surface area (Å²) in [6.07, 6.45) is 1.33. The molecule has 0 radical (unpaired) electrons. The number of allylic oxidation sites excluding steroid dienone is 1. The number of hydrogen-bond donors (Lipinski definition) is 1. The van der Waals surface area contributed by atoms with E-state index in [1.165, 1.54) is 11.1 Å². The van der Waals surface area contributed by atoms with Crippen molar-refractivity contribution in [3.63, 3.8) is 0 Å². The van der Waals surface area contributed by atoms with Gasteiger partial charge in [-0.25, -0.2) is 0 Å². The number of Topliss-reactive ketones (excluding diaryl/α,β-unsaturated/α-hetero) is 1. The van der Waals surface area contributed by atoms with Gasteiger partial charge in [0.25, 0.3) is 0 Å². The van der Waals surface area contributed by atoms with Crippen molar-refractivity contribution >= 4 is 5.78 Å². The molecule has 0 amide bonds. The zero-order valence-corrected chi connectivity index (χ0v) is 9.62. The predicted molar refractivity (Wildman–Crippen MR) is 64.9 cm³/mol. The number of benzene rings is 1. The minimum absolute atomic E-state index is 0.351. The lowest BCUT2D eigenvalue weighted by Crippen LogP contribution is -2.30. The summed E-state index contributed by atoms with van der Waals surface area (Å²) in [6, 6.07) is 8.30. The monoisotopic (exact) mass is 215 g/mol. The largest absolute Gasteiger partial charge is 0.384 e. The summed E-state index contributed by atoms with van der Waals surface area (Å²) in [5, 5.41) is 3.32. The molecule has 0 spiro atoms. The van der Waals surface area contributed by atoms with Crippen LogP contribution in [0, 0.1) is 12.8 Å². The summed E-state index contributed by atoms with van der Waals surface area (Å²) < 4.78 is 0. The Hall–Kier alpha value is -1.57. The van der Waals surface area contributed by atoms with Crippen LogP contribution in [-0.2, 0) is 11.3 Å². The number of carbonyl (C=O) groups is 1. The highest BCUT2D eigenvalue weighted by atomic mass is 16.1. The lowest BCUT2D eigenvalue weighted by molar-refractivity contribution is -0.125. The number of aryl methyl sites for hydroxylation is 1. The lowest BCUT2D eigenvalue weighted by atomic mass is 9.82. The van der Waals surface area contributed by atoms with Crippen molar-refractivity contribution in [2.75, 3.05) is 0 Å². The first-order valence-electron chi connectivity index (χ1n) is 5.65. The molecular weight excluding hydrogens is 198 g/mol. The van der Waals surface area contributed by atoms with Crippen LogP contribution in [0.15, 0.2) is 36.5 Å². The summed E-state index contributed by atoms with van der Waals surface area (Å²) in [6.45, 7) is 6.90. The summed E-state index contributed by atoms with van der Waals surface area (Å²) in [4.78, 5) is 10.9. The SMILES string of the molecule is C=C(NCc1ccccc1C)C1CC(=O)C1. The molecule has 0 unspecified atom stereocenters. The Labute approximate surface area is 96.4 Å². The first kappa shape index (κ1) is 10.9. The second-order valence-electron chi connectivity index (χ2n) is 4.45. The molecule has 0 aliphatic heterocycles. The first-order chi connectivity index (χ1) is 7.66. The number of nitrogens with one attached hydrogen (secondary N) is 1. The van der Waals surface area contributed by atoms with E-state index in [1.807, 2.05) is 12.1 Å². The zero-order valence-electron chi connectivity index (χ0n) is 9.62. The number of carbonyl (C=O) groups excluding carboxylic acids is 1. The molecule has 1 N–H and O–H groups in total. The van der Waals surface area contributed by atoms with Crippen molar-refractivity contribution in [2.45, 2.75) is 26.3 Å². The molecule has 16 heavy (non-hydrogen) atoms. The van der Waals surface area contributed by atoms with E-state index in [4.69, 9.17) is 0 Å². The number of hydrogen-bond acceptors (Lipinski definition) is 2. The molecule has 1 saturated carbocycles. The molecule has 1 aromatic carbocycles. The van der Waals surface area contributed by atoms with Gasteiger partial charge in [0.2, 0.25) is 0 Å². The van der Waals surface area contributed by atoms with Gasteiger partial charge in [-0.15, -0.1) is 0 Å². The van der Waals surface area contributed by atoms with Gasteiger partial charge in [0, 0.05) is 31.0 Å². The average molecular weight is 215 g/mol. The third-order valence-corrected chi connectivity index (χ3v) is 3.21. The minimum atomic E-state index is 0.351. The van der Waals surface area contributed by atoms with Crippen molar-refractivity contribution in [1.82, 2.24) is 5.32 Å². The van der Waals surface area contributed by atoms with Crippen molar-refractivity contribution in [3.8, 4) is 0 Å². The van der Waals surface area contributed by atoms with Crippen molar-refractivity contribution in [2.24, 2.45) is 5.92 Å². The fraction of sp³-hybridized carbons (Fsp3) is 0.357. The van der Waals surface area contributed by atoms with Gasteiger partial charge >= 0.3 is 0 Å². The Morgan fingerprint density at radius 2 is 2.12 bits per heavy atom. The highest BCUT2D eigenvalue weighted by Gasteiger charge is 2.28. The van der Waals surface area contributed by atoms with Gasteiger partial charge in [0.15, 0.2) is 0 Å². The van der Waals surface area contributed by atoms with Crippen LogP contribution in [0.5, 0.6) is 0 Å². The van der Waals surface area contributed by atoms with Crippen LogP contribution in [0.4, 0.5) is 0 Å². The smallest absolute Gasteiger partial charge is 0.134 e. The van der Waals surface area contributed by atoms with E-state index in [9.17, 15) is 4.79 Å². The summed E-state index contributed by atoms with van der Waals surface area (Å²) >= 11 is 0. The molecule has 1 aliphatic rings. The fourth-order valence-electron chi connectivity index (χ4n) is 1.90. The third-order valence-electron chi connectivity index (χ3n) is 3.21. The molecule has 2 rings (SSSR count). The predicted octanol–water partition coefficient (Wildman–Crippen LogP) is 2.58. The van der Waals surface area contributed by atoms with E-state index in [0.29, 0.717) is 24.5 Å². The van der Waals surface area contributed by atoms with Gasteiger partial charge in [0.1, 0.15) is 5.78 Å². The first-order valence-corrected chi connectivity index (χ1v) is 5.65. The van der Waals surface area contributed by atoms with Crippen molar-refractivity contribution in [1.29, 1.82) is 0 Å². The maximum absolute atomic E-state index is 10.9. The summed E-state index contributed by atoms with van der Waals surface area (Å²) in [5.74, 6) is 0.709. The quantitative estimate of drug-likeness (QED) is 0.836. The van der Waals surface area contributed by atoms with E-state index in [0.717, 1.165) is 12.2 Å². The van der Waals surface area contributed by atoms with E-state index in [-0.39, 0.29) is 0 Å². The van der Waals surface area contributed by atoms with Crippen LogP contribution in [0.3, 0.4) is 0 Å². The molecule has 0 saturated heterocycles. The van der Waals surface area contributed by atoms with Crippen LogP contribution >= 0.6 is 0 Å². The van der Waals surface area contributed by atoms with E-state index >= 15 is 0 Å². The number of ketones is 1.